The van der Waals surface area contributed by atoms with Crippen LogP contribution < -0.4 is 5.73 Å². The van der Waals surface area contributed by atoms with Crippen molar-refractivity contribution in [2.24, 2.45) is 0 Å². The maximum absolute atomic E-state index is 11.9. The second-order valence-electron chi connectivity index (χ2n) is 4.00. The molecule has 0 aliphatic carbocycles. The summed E-state index contributed by atoms with van der Waals surface area (Å²) in [6, 6.07) is 4.97. The van der Waals surface area contributed by atoms with Crippen molar-refractivity contribution in [1.82, 2.24) is 0 Å². The van der Waals surface area contributed by atoms with Crippen LogP contribution in [0.3, 0.4) is 0 Å². The number of benzene rings is 1. The number of nitrogen functional groups attached to an aromatic ring is 1. The van der Waals surface area contributed by atoms with Gasteiger partial charge in [0, 0.05) is 27.9 Å². The Labute approximate surface area is 116 Å². The minimum absolute atomic E-state index is 0.0574. The van der Waals surface area contributed by atoms with Crippen LogP contribution in [0.5, 0.6) is 0 Å². The van der Waals surface area contributed by atoms with Crippen molar-refractivity contribution >= 4 is 37.2 Å². The largest absolute Gasteiger partial charge is 0.399 e. The number of Topliss-reactive ketones (excluding diaryl/α,β-unsaturated/α-hetero) is 1. The van der Waals surface area contributed by atoms with Crippen LogP contribution in [-0.2, 0) is 9.84 Å². The molecule has 0 aliphatic rings. The Morgan fingerprint density at radius 2 is 2.06 bits per heavy atom. The third kappa shape index (κ3) is 4.42. The zero-order chi connectivity index (χ0) is 13.8. The molecule has 0 bridgehead atoms. The first-order valence-corrected chi connectivity index (χ1v) is 8.26. The molecule has 18 heavy (non-hydrogen) atoms. The first-order valence-electron chi connectivity index (χ1n) is 5.64. The Balaban J connectivity index is 2.61. The maximum Gasteiger partial charge on any atom is 0.164 e. The SMILES string of the molecule is CCS(=O)(=O)CCCC(=O)c1ccc(N)cc1Br. The van der Waals surface area contributed by atoms with Gasteiger partial charge in [0.25, 0.3) is 0 Å². The zero-order valence-electron chi connectivity index (χ0n) is 10.1. The number of carbonyl (C=O) groups excluding carboxylic acids is 1. The van der Waals surface area contributed by atoms with Crippen LogP contribution in [0, 0.1) is 0 Å². The molecule has 0 heterocycles. The van der Waals surface area contributed by atoms with E-state index in [0.717, 1.165) is 0 Å². The average molecular weight is 334 g/mol. The second-order valence-corrected chi connectivity index (χ2v) is 7.33. The highest BCUT2D eigenvalue weighted by Crippen LogP contribution is 2.21. The van der Waals surface area contributed by atoms with E-state index < -0.39 is 9.84 Å². The van der Waals surface area contributed by atoms with Crippen molar-refractivity contribution in [3.8, 4) is 0 Å². The topological polar surface area (TPSA) is 77.2 Å². The molecule has 1 aromatic carbocycles. The lowest BCUT2D eigenvalue weighted by Gasteiger charge is -2.05. The molecule has 0 fully saturated rings. The van der Waals surface area contributed by atoms with E-state index in [1.807, 2.05) is 0 Å². The second kappa shape index (κ2) is 6.33. The van der Waals surface area contributed by atoms with Crippen LogP contribution in [0.4, 0.5) is 5.69 Å². The van der Waals surface area contributed by atoms with Crippen LogP contribution >= 0.6 is 15.9 Å². The summed E-state index contributed by atoms with van der Waals surface area (Å²) in [4.78, 5) is 11.9. The van der Waals surface area contributed by atoms with Crippen LogP contribution in [0.1, 0.15) is 30.1 Å². The Hall–Kier alpha value is -0.880. The summed E-state index contributed by atoms with van der Waals surface area (Å²) in [5.41, 5.74) is 6.70. The quantitative estimate of drug-likeness (QED) is 0.640. The molecule has 100 valence electrons. The highest BCUT2D eigenvalue weighted by atomic mass is 79.9. The highest BCUT2D eigenvalue weighted by Gasteiger charge is 2.12. The van der Waals surface area contributed by atoms with E-state index in [9.17, 15) is 13.2 Å². The highest BCUT2D eigenvalue weighted by molar-refractivity contribution is 9.10. The fourth-order valence-electron chi connectivity index (χ4n) is 1.49. The molecule has 0 aromatic heterocycles. The lowest BCUT2D eigenvalue weighted by molar-refractivity contribution is 0.0981. The van der Waals surface area contributed by atoms with Gasteiger partial charge in [-0.05, 0) is 40.5 Å². The number of nitrogens with two attached hydrogens (primary N) is 1. The molecule has 0 atom stereocenters. The van der Waals surface area contributed by atoms with Gasteiger partial charge in [0.15, 0.2) is 5.78 Å². The molecule has 2 N–H and O–H groups in total. The molecule has 0 aliphatic heterocycles. The summed E-state index contributed by atoms with van der Waals surface area (Å²) in [7, 11) is -3.00. The summed E-state index contributed by atoms with van der Waals surface area (Å²) in [6.07, 6.45) is 0.577. The minimum atomic E-state index is -3.00. The molecule has 0 saturated carbocycles. The summed E-state index contributed by atoms with van der Waals surface area (Å²) in [5, 5.41) is 0. The van der Waals surface area contributed by atoms with Crippen molar-refractivity contribution in [1.29, 1.82) is 0 Å². The van der Waals surface area contributed by atoms with E-state index in [-0.39, 0.29) is 23.7 Å². The van der Waals surface area contributed by atoms with E-state index in [2.05, 4.69) is 15.9 Å². The van der Waals surface area contributed by atoms with Crippen molar-refractivity contribution in [2.45, 2.75) is 19.8 Å². The number of hydrogen-bond donors (Lipinski definition) is 1. The molecule has 1 rings (SSSR count). The van der Waals surface area contributed by atoms with Gasteiger partial charge in [-0.25, -0.2) is 8.42 Å². The van der Waals surface area contributed by atoms with Gasteiger partial charge in [0.2, 0.25) is 0 Å². The summed E-state index contributed by atoms with van der Waals surface area (Å²) in [6.45, 7) is 1.60. The van der Waals surface area contributed by atoms with Gasteiger partial charge in [-0.15, -0.1) is 0 Å². The molecule has 0 amide bonds. The Morgan fingerprint density at radius 1 is 1.39 bits per heavy atom. The molecular weight excluding hydrogens is 318 g/mol. The first-order chi connectivity index (χ1) is 8.35. The Kier molecular flexibility index (Phi) is 5.34. The third-order valence-corrected chi connectivity index (χ3v) is 5.04. The van der Waals surface area contributed by atoms with E-state index in [4.69, 9.17) is 5.73 Å². The number of sulfone groups is 1. The molecule has 0 radical (unpaired) electrons. The predicted molar refractivity (Wildman–Crippen MR) is 76.4 cm³/mol. The number of anilines is 1. The fourth-order valence-corrected chi connectivity index (χ4v) is 2.98. The van der Waals surface area contributed by atoms with Gasteiger partial charge >= 0.3 is 0 Å². The van der Waals surface area contributed by atoms with E-state index >= 15 is 0 Å². The maximum atomic E-state index is 11.9. The predicted octanol–water partition coefficient (Wildman–Crippen LogP) is 2.43. The number of carbonyl (C=O) groups is 1. The van der Waals surface area contributed by atoms with E-state index in [0.29, 0.717) is 22.1 Å². The Morgan fingerprint density at radius 3 is 2.61 bits per heavy atom. The molecule has 6 heteroatoms. The van der Waals surface area contributed by atoms with Crippen LogP contribution in [0.2, 0.25) is 0 Å². The molecule has 1 aromatic rings. The van der Waals surface area contributed by atoms with Gasteiger partial charge in [0.1, 0.15) is 9.84 Å². The van der Waals surface area contributed by atoms with E-state index in [1.165, 1.54) is 0 Å². The summed E-state index contributed by atoms with van der Waals surface area (Å²) < 4.78 is 23.2. The van der Waals surface area contributed by atoms with Crippen molar-refractivity contribution in [2.75, 3.05) is 17.2 Å². The summed E-state index contributed by atoms with van der Waals surface area (Å²) in [5.74, 6) is 0.0994. The molecule has 4 nitrogen and oxygen atoms in total. The van der Waals surface area contributed by atoms with Crippen LogP contribution in [0.25, 0.3) is 0 Å². The van der Waals surface area contributed by atoms with Crippen molar-refractivity contribution in [3.05, 3.63) is 28.2 Å². The van der Waals surface area contributed by atoms with Crippen molar-refractivity contribution in [3.63, 3.8) is 0 Å². The van der Waals surface area contributed by atoms with E-state index in [1.54, 1.807) is 25.1 Å². The molecular formula is C12H16BrNO3S. The Bertz CT molecular complexity index is 540. The fraction of sp³-hybridized carbons (Fsp3) is 0.417. The zero-order valence-corrected chi connectivity index (χ0v) is 12.6. The van der Waals surface area contributed by atoms with Gasteiger partial charge in [-0.2, -0.15) is 0 Å². The van der Waals surface area contributed by atoms with Crippen LogP contribution in [0.15, 0.2) is 22.7 Å². The standard InChI is InChI=1S/C12H16BrNO3S/c1-2-18(16,17)7-3-4-12(15)10-6-5-9(14)8-11(10)13/h5-6,8H,2-4,7,14H2,1H3. The molecule has 0 spiro atoms. The monoisotopic (exact) mass is 333 g/mol. The number of halogens is 1. The average Bonchev–Trinajstić information content (AvgIpc) is 2.28. The van der Waals surface area contributed by atoms with Gasteiger partial charge < -0.3 is 5.73 Å². The van der Waals surface area contributed by atoms with Crippen molar-refractivity contribution < 1.29 is 13.2 Å². The number of ketones is 1. The minimum Gasteiger partial charge on any atom is -0.399 e. The van der Waals surface area contributed by atoms with Gasteiger partial charge in [-0.3, -0.25) is 4.79 Å². The molecule has 0 unspecified atom stereocenters. The first kappa shape index (κ1) is 15.2. The molecule has 0 saturated heterocycles. The van der Waals surface area contributed by atoms with Gasteiger partial charge in [0.05, 0.1) is 5.75 Å². The lowest BCUT2D eigenvalue weighted by Crippen LogP contribution is -2.10. The van der Waals surface area contributed by atoms with Crippen LogP contribution in [-0.4, -0.2) is 25.7 Å². The smallest absolute Gasteiger partial charge is 0.164 e. The lowest BCUT2D eigenvalue weighted by atomic mass is 10.1. The third-order valence-electron chi connectivity index (χ3n) is 2.59. The number of hydrogen-bond acceptors (Lipinski definition) is 4. The van der Waals surface area contributed by atoms with Gasteiger partial charge in [-0.1, -0.05) is 6.92 Å². The summed E-state index contributed by atoms with van der Waals surface area (Å²) >= 11 is 3.27. The number of rotatable bonds is 6. The normalized spacial score (nSPS) is 11.4.